The average molecular weight is 1180 g/mol. The molecule has 8 unspecified atom stereocenters. The van der Waals surface area contributed by atoms with Gasteiger partial charge in [0.25, 0.3) is 23.6 Å². The highest BCUT2D eigenvalue weighted by atomic mass is 16.2. The standard InChI is InChI=1S/C19H26N2O4.C15H20N2O4.2C11H11NO2.C3H8.4C2H6/c1-9(2)20-15(22)8-13(17(20)23)12-6-11(5)16-14(7-12)18(24)21(10(3)4)19(16)25;1-6(2)16-12(18)8-5-9-11(10(8)14(16)20)15(21)17(7(3)4)13(9)19;2*1-7(2)12-10(13)8-5-3-4-6-9(8)11(12)14;1-3-2;4*1-2/h6,9-10,12-14,16H,7-8H2,1-5H3;6-11H,5H2,1-4H3;2*3-7H,1-2H3;3H2,1-2H3;4*1-2H3. The van der Waals surface area contributed by atoms with Crippen molar-refractivity contribution in [1.82, 2.24) is 29.4 Å². The molecule has 6 heterocycles. The van der Waals surface area contributed by atoms with Crippen molar-refractivity contribution >= 4 is 70.9 Å². The maximum absolute atomic E-state index is 12.7. The fraction of sp³-hybridized carbons (Fsp3) is 0.612. The smallest absolute Gasteiger partial charge is 0.261 e. The Kier molecular flexibility index (Phi) is 28.3. The Morgan fingerprint density at radius 1 is 0.365 bits per heavy atom. The van der Waals surface area contributed by atoms with Gasteiger partial charge in [0.05, 0.1) is 63.7 Å². The van der Waals surface area contributed by atoms with Crippen LogP contribution in [-0.4, -0.2) is 137 Å². The molecule has 5 fully saturated rings. The molecule has 0 bridgehead atoms. The molecule has 0 aromatic heterocycles. The summed E-state index contributed by atoms with van der Waals surface area (Å²) in [4.78, 5) is 155. The van der Waals surface area contributed by atoms with Crippen molar-refractivity contribution in [3.8, 4) is 0 Å². The van der Waals surface area contributed by atoms with Crippen molar-refractivity contribution in [2.24, 2.45) is 47.3 Å². The summed E-state index contributed by atoms with van der Waals surface area (Å²) < 4.78 is 0. The van der Waals surface area contributed by atoms with Gasteiger partial charge in [-0.3, -0.25) is 86.9 Å². The van der Waals surface area contributed by atoms with Crippen molar-refractivity contribution in [3.63, 3.8) is 0 Å². The van der Waals surface area contributed by atoms with Crippen molar-refractivity contribution in [2.45, 2.75) is 221 Å². The van der Waals surface area contributed by atoms with E-state index in [2.05, 4.69) is 13.8 Å². The van der Waals surface area contributed by atoms with E-state index in [1.165, 1.54) is 35.8 Å². The number of carbonyl (C=O) groups is 12. The predicted molar refractivity (Wildman–Crippen MR) is 329 cm³/mol. The second kappa shape index (κ2) is 32.5. The number of allylic oxidation sites excluding steroid dienone is 1. The van der Waals surface area contributed by atoms with Gasteiger partial charge in [0.15, 0.2) is 0 Å². The molecule has 18 nitrogen and oxygen atoms in total. The van der Waals surface area contributed by atoms with Crippen molar-refractivity contribution in [1.29, 1.82) is 0 Å². The molecule has 0 spiro atoms. The molecule has 2 aliphatic carbocycles. The van der Waals surface area contributed by atoms with Gasteiger partial charge in [-0.1, -0.05) is 112 Å². The van der Waals surface area contributed by atoms with E-state index in [1.54, 1.807) is 76.2 Å². The highest BCUT2D eigenvalue weighted by molar-refractivity contribution is 6.22. The van der Waals surface area contributed by atoms with Crippen LogP contribution in [0.4, 0.5) is 0 Å². The molecule has 0 radical (unpaired) electrons. The molecule has 10 rings (SSSR count). The molecule has 85 heavy (non-hydrogen) atoms. The van der Waals surface area contributed by atoms with Crippen LogP contribution in [0.2, 0.25) is 0 Å². The monoisotopic (exact) mass is 1180 g/mol. The van der Waals surface area contributed by atoms with Crippen LogP contribution in [0.1, 0.15) is 226 Å². The predicted octanol–water partition coefficient (Wildman–Crippen LogP) is 11.1. The van der Waals surface area contributed by atoms with Gasteiger partial charge >= 0.3 is 0 Å². The molecule has 0 N–H and O–H groups in total. The Morgan fingerprint density at radius 2 is 0.635 bits per heavy atom. The first-order valence-electron chi connectivity index (χ1n) is 31.2. The van der Waals surface area contributed by atoms with Crippen LogP contribution in [0.15, 0.2) is 60.2 Å². The van der Waals surface area contributed by atoms with Crippen molar-refractivity contribution in [2.75, 3.05) is 0 Å². The van der Waals surface area contributed by atoms with Gasteiger partial charge in [-0.2, -0.15) is 0 Å². The number of hydrogen-bond donors (Lipinski definition) is 0. The first-order chi connectivity index (χ1) is 40.1. The van der Waals surface area contributed by atoms with E-state index in [0.717, 1.165) is 5.57 Å². The average Bonchev–Trinajstić information content (AvgIpc) is 1.98. The van der Waals surface area contributed by atoms with E-state index < -0.39 is 41.4 Å². The highest BCUT2D eigenvalue weighted by Crippen LogP contribution is 2.52. The third-order valence-corrected chi connectivity index (χ3v) is 15.4. The lowest BCUT2D eigenvalue weighted by molar-refractivity contribution is -0.146. The lowest BCUT2D eigenvalue weighted by Crippen LogP contribution is -2.40. The van der Waals surface area contributed by atoms with E-state index in [9.17, 15) is 57.5 Å². The van der Waals surface area contributed by atoms with Crippen LogP contribution in [-0.2, 0) is 38.4 Å². The minimum Gasteiger partial charge on any atom is -0.280 e. The summed E-state index contributed by atoms with van der Waals surface area (Å²) in [6.45, 7) is 43.9. The molecule has 2 aromatic carbocycles. The van der Waals surface area contributed by atoms with Crippen LogP contribution >= 0.6 is 0 Å². The minimum atomic E-state index is -0.634. The number of carbonyl (C=O) groups excluding carboxylic acids is 12. The molecule has 1 saturated carbocycles. The van der Waals surface area contributed by atoms with Gasteiger partial charge in [-0.15, -0.1) is 0 Å². The van der Waals surface area contributed by atoms with Crippen LogP contribution in [0.3, 0.4) is 0 Å². The molecular formula is C67H100N6O12. The van der Waals surface area contributed by atoms with Crippen LogP contribution < -0.4 is 0 Å². The van der Waals surface area contributed by atoms with Gasteiger partial charge in [-0.05, 0) is 133 Å². The zero-order chi connectivity index (χ0) is 65.6. The Morgan fingerprint density at radius 3 is 0.918 bits per heavy atom. The molecule has 6 aliphatic heterocycles. The summed E-state index contributed by atoms with van der Waals surface area (Å²) in [6, 6.07) is 13.0. The number of nitrogens with zero attached hydrogens (tertiary/aromatic N) is 6. The quantitative estimate of drug-likeness (QED) is 0.186. The summed E-state index contributed by atoms with van der Waals surface area (Å²) in [6.07, 6.45) is 4.19. The Labute approximate surface area is 506 Å². The maximum atomic E-state index is 12.7. The summed E-state index contributed by atoms with van der Waals surface area (Å²) in [5.41, 5.74) is 2.93. The fourth-order valence-corrected chi connectivity index (χ4v) is 12.1. The van der Waals surface area contributed by atoms with E-state index in [4.69, 9.17) is 0 Å². The van der Waals surface area contributed by atoms with E-state index in [0.29, 0.717) is 35.1 Å². The lowest BCUT2D eigenvalue weighted by atomic mass is 9.71. The Balaban J connectivity index is 0.000000374. The molecule has 12 amide bonds. The first kappa shape index (κ1) is 74.1. The van der Waals surface area contributed by atoms with Gasteiger partial charge < -0.3 is 0 Å². The number of imide groups is 6. The Hall–Kier alpha value is -6.98. The number of benzene rings is 2. The number of amides is 12. The van der Waals surface area contributed by atoms with Crippen molar-refractivity contribution in [3.05, 3.63) is 82.4 Å². The van der Waals surface area contributed by atoms with E-state index >= 15 is 0 Å². The summed E-state index contributed by atoms with van der Waals surface area (Å²) in [5, 5.41) is 0. The Bertz CT molecular complexity index is 2620. The SMILES string of the molecule is CC.CC.CC.CC.CC(C)N1C(=O)C2CC3C(=O)N(C(C)C)C(=O)C3C2C1=O.CC(C)N1C(=O)c2ccccc2C1=O.CC(C)N1C(=O)c2ccccc2C1=O.CC1=CC(C2CC(=O)N(C(C)C)C2=O)CC2C(=O)N(C(C)C)C(=O)C12.CCC. The van der Waals surface area contributed by atoms with Crippen LogP contribution in [0.5, 0.6) is 0 Å². The summed E-state index contributed by atoms with van der Waals surface area (Å²) >= 11 is 0. The van der Waals surface area contributed by atoms with Crippen LogP contribution in [0.25, 0.3) is 0 Å². The second-order valence-electron chi connectivity index (χ2n) is 22.8. The normalized spacial score (nSPS) is 24.0. The first-order valence-corrected chi connectivity index (χ1v) is 31.2. The summed E-state index contributed by atoms with van der Waals surface area (Å²) in [7, 11) is 0. The minimum absolute atomic E-state index is 0.0811. The molecule has 8 atom stereocenters. The number of likely N-dealkylation sites (tertiary alicyclic amines) is 4. The number of rotatable bonds is 7. The van der Waals surface area contributed by atoms with Crippen molar-refractivity contribution < 1.29 is 57.5 Å². The topological polar surface area (TPSA) is 224 Å². The van der Waals surface area contributed by atoms with Gasteiger partial charge in [-0.25, -0.2) is 0 Å². The van der Waals surface area contributed by atoms with E-state index in [-0.39, 0.29) is 119 Å². The second-order valence-corrected chi connectivity index (χ2v) is 22.8. The van der Waals surface area contributed by atoms with Crippen LogP contribution in [0, 0.1) is 47.3 Å². The molecule has 4 saturated heterocycles. The number of hydrogen-bond acceptors (Lipinski definition) is 12. The maximum Gasteiger partial charge on any atom is 0.261 e. The summed E-state index contributed by atoms with van der Waals surface area (Å²) in [5.74, 6) is -5.90. The largest absolute Gasteiger partial charge is 0.280 e. The molecule has 2 aromatic rings. The van der Waals surface area contributed by atoms with Gasteiger partial charge in [0.2, 0.25) is 47.3 Å². The molecule has 8 aliphatic rings. The molecule has 470 valence electrons. The van der Waals surface area contributed by atoms with Gasteiger partial charge in [0, 0.05) is 42.7 Å². The third kappa shape index (κ3) is 14.8. The van der Waals surface area contributed by atoms with E-state index in [1.807, 2.05) is 124 Å². The molecular weight excluding hydrogens is 1080 g/mol. The lowest BCUT2D eigenvalue weighted by Gasteiger charge is -2.30. The zero-order valence-corrected chi connectivity index (χ0v) is 55.2. The zero-order valence-electron chi connectivity index (χ0n) is 55.2. The third-order valence-electron chi connectivity index (χ3n) is 15.4. The highest BCUT2D eigenvalue weighted by Gasteiger charge is 2.66. The number of fused-ring (bicyclic) bond motifs is 6. The molecule has 18 heteroatoms. The fourth-order valence-electron chi connectivity index (χ4n) is 12.1. The van der Waals surface area contributed by atoms with Gasteiger partial charge in [0.1, 0.15) is 0 Å².